The van der Waals surface area contributed by atoms with E-state index in [2.05, 4.69) is 130 Å². The number of hydrogen-bond acceptors (Lipinski definition) is 6. The summed E-state index contributed by atoms with van der Waals surface area (Å²) in [4.78, 5) is 38.2. The Labute approximate surface area is 495 Å². The second-order valence-electron chi connectivity index (χ2n) is 22.4. The Hall–Kier alpha value is -3.93. The zero-order valence-electron chi connectivity index (χ0n) is 52.6. The molecule has 1 atom stereocenters. The zero-order chi connectivity index (χ0) is 57.8. The SMILES string of the molecule is CC/C=C\C/C=C\C/C=C\C/C=C\C/C=C\C/C=C\CCCCCCCCC(=O)OC(COC(=O)CCCCCCCCCC)COC(=O)CCCCCCCCCCCCCCCC/C=C\C/C=C\C/C=C\CCCCCCC. The third kappa shape index (κ3) is 64.9. The Morgan fingerprint density at radius 3 is 0.762 bits per heavy atom. The minimum absolute atomic E-state index is 0.0829. The van der Waals surface area contributed by atoms with Crippen molar-refractivity contribution in [3.8, 4) is 0 Å². The molecule has 80 heavy (non-hydrogen) atoms. The lowest BCUT2D eigenvalue weighted by atomic mass is 10.0. The van der Waals surface area contributed by atoms with Crippen LogP contribution in [0.1, 0.15) is 323 Å². The number of unbranched alkanes of at least 4 members (excludes halogenated alkanes) is 32. The van der Waals surface area contributed by atoms with Crippen LogP contribution in [0.25, 0.3) is 0 Å². The number of carbonyl (C=O) groups is 3. The van der Waals surface area contributed by atoms with E-state index in [1.165, 1.54) is 161 Å². The fourth-order valence-corrected chi connectivity index (χ4v) is 9.45. The van der Waals surface area contributed by atoms with Crippen LogP contribution in [0.3, 0.4) is 0 Å². The van der Waals surface area contributed by atoms with Crippen LogP contribution in [0.5, 0.6) is 0 Å². The predicted molar refractivity (Wildman–Crippen MR) is 348 cm³/mol. The predicted octanol–water partition coefficient (Wildman–Crippen LogP) is 23.4. The molecule has 0 heterocycles. The van der Waals surface area contributed by atoms with Gasteiger partial charge in [0, 0.05) is 19.3 Å². The number of allylic oxidation sites excluding steroid dienone is 18. The maximum atomic E-state index is 12.9. The van der Waals surface area contributed by atoms with Crippen LogP contribution in [0.15, 0.2) is 109 Å². The third-order valence-corrected chi connectivity index (χ3v) is 14.5. The van der Waals surface area contributed by atoms with Crippen LogP contribution in [0.2, 0.25) is 0 Å². The van der Waals surface area contributed by atoms with E-state index in [4.69, 9.17) is 14.2 Å². The highest BCUT2D eigenvalue weighted by atomic mass is 16.6. The van der Waals surface area contributed by atoms with Crippen LogP contribution in [0.4, 0.5) is 0 Å². The summed E-state index contributed by atoms with van der Waals surface area (Å²) in [6.45, 7) is 6.50. The van der Waals surface area contributed by atoms with Crippen molar-refractivity contribution in [2.24, 2.45) is 0 Å². The summed E-state index contributed by atoms with van der Waals surface area (Å²) in [5, 5.41) is 0. The molecule has 0 rings (SSSR count). The molecule has 0 N–H and O–H groups in total. The van der Waals surface area contributed by atoms with Gasteiger partial charge in [-0.05, 0) is 109 Å². The van der Waals surface area contributed by atoms with Gasteiger partial charge in [-0.15, -0.1) is 0 Å². The quantitative estimate of drug-likeness (QED) is 0.0261. The first-order valence-corrected chi connectivity index (χ1v) is 33.9. The van der Waals surface area contributed by atoms with Crippen molar-refractivity contribution in [1.29, 1.82) is 0 Å². The maximum absolute atomic E-state index is 12.9. The standard InChI is InChI=1S/C74H126O6/c1-4-7-10-13-16-19-21-23-25-27-29-31-33-35-36-37-38-40-41-43-45-47-49-51-53-55-58-61-64-67-73(76)79-70-71(69-78-72(75)66-63-60-57-18-15-12-9-6-3)80-74(77)68-65-62-59-56-54-52-50-48-46-44-42-39-34-32-30-28-26-24-22-20-17-14-11-8-5-2/h8,11,17,20-21,23-24,26-27,29-30,32-33,35,39,42,46,48,71H,4-7,9-10,12-16,18-19,22,25,28,31,34,36-38,40-41,43-45,47,49-70H2,1-3H3/b11-8-,20-17-,23-21-,26-24-,29-27-,32-30-,35-33-,42-39-,48-46-. The average Bonchev–Trinajstić information content (AvgIpc) is 3.46. The molecule has 6 heteroatoms. The molecule has 458 valence electrons. The monoisotopic (exact) mass is 1110 g/mol. The van der Waals surface area contributed by atoms with E-state index in [9.17, 15) is 14.4 Å². The van der Waals surface area contributed by atoms with Crippen molar-refractivity contribution < 1.29 is 28.6 Å². The summed E-state index contributed by atoms with van der Waals surface area (Å²) in [6.07, 6.45) is 92.6. The highest BCUT2D eigenvalue weighted by molar-refractivity contribution is 5.71. The molecule has 0 aliphatic heterocycles. The Bertz CT molecular complexity index is 1610. The fourth-order valence-electron chi connectivity index (χ4n) is 9.45. The van der Waals surface area contributed by atoms with Crippen LogP contribution in [0, 0.1) is 0 Å². The van der Waals surface area contributed by atoms with Gasteiger partial charge in [0.1, 0.15) is 13.2 Å². The molecule has 1 unspecified atom stereocenters. The molecule has 0 fully saturated rings. The summed E-state index contributed by atoms with van der Waals surface area (Å²) in [6, 6.07) is 0. The lowest BCUT2D eigenvalue weighted by molar-refractivity contribution is -0.167. The lowest BCUT2D eigenvalue weighted by Gasteiger charge is -2.18. The largest absolute Gasteiger partial charge is 0.462 e. The van der Waals surface area contributed by atoms with Gasteiger partial charge >= 0.3 is 17.9 Å². The summed E-state index contributed by atoms with van der Waals surface area (Å²) >= 11 is 0. The van der Waals surface area contributed by atoms with Crippen LogP contribution < -0.4 is 0 Å². The molecule has 0 saturated carbocycles. The van der Waals surface area contributed by atoms with Crippen LogP contribution in [-0.2, 0) is 28.6 Å². The second-order valence-corrected chi connectivity index (χ2v) is 22.4. The van der Waals surface area contributed by atoms with E-state index in [0.29, 0.717) is 19.3 Å². The maximum Gasteiger partial charge on any atom is 0.306 e. The average molecular weight is 1110 g/mol. The molecule has 0 aliphatic carbocycles. The number of hydrogen-bond donors (Lipinski definition) is 0. The summed E-state index contributed by atoms with van der Waals surface area (Å²) in [5.41, 5.74) is 0. The van der Waals surface area contributed by atoms with Gasteiger partial charge in [0.25, 0.3) is 0 Å². The Kier molecular flexibility index (Phi) is 64.3. The molecule has 0 bridgehead atoms. The van der Waals surface area contributed by atoms with Gasteiger partial charge in [0.15, 0.2) is 6.10 Å². The van der Waals surface area contributed by atoms with Gasteiger partial charge in [-0.3, -0.25) is 14.4 Å². The Balaban J connectivity index is 4.18. The molecule has 0 aromatic heterocycles. The van der Waals surface area contributed by atoms with E-state index in [1.807, 2.05) is 0 Å². The van der Waals surface area contributed by atoms with E-state index in [1.54, 1.807) is 0 Å². The van der Waals surface area contributed by atoms with Gasteiger partial charge in [0.05, 0.1) is 0 Å². The smallest absolute Gasteiger partial charge is 0.306 e. The molecule has 0 spiro atoms. The van der Waals surface area contributed by atoms with Gasteiger partial charge in [-0.2, -0.15) is 0 Å². The molecule has 0 amide bonds. The zero-order valence-corrected chi connectivity index (χ0v) is 52.6. The van der Waals surface area contributed by atoms with E-state index >= 15 is 0 Å². The number of carbonyl (C=O) groups excluding carboxylic acids is 3. The minimum atomic E-state index is -0.786. The van der Waals surface area contributed by atoms with Crippen molar-refractivity contribution in [1.82, 2.24) is 0 Å². The van der Waals surface area contributed by atoms with Crippen molar-refractivity contribution in [2.75, 3.05) is 13.2 Å². The normalized spacial score (nSPS) is 12.8. The topological polar surface area (TPSA) is 78.9 Å². The first-order chi connectivity index (χ1) is 39.5. The van der Waals surface area contributed by atoms with Gasteiger partial charge < -0.3 is 14.2 Å². The van der Waals surface area contributed by atoms with Crippen molar-refractivity contribution in [3.05, 3.63) is 109 Å². The molecule has 0 aromatic carbocycles. The first-order valence-electron chi connectivity index (χ1n) is 33.9. The van der Waals surface area contributed by atoms with E-state index < -0.39 is 6.10 Å². The number of esters is 3. The van der Waals surface area contributed by atoms with Gasteiger partial charge in [0.2, 0.25) is 0 Å². The molecule has 0 saturated heterocycles. The van der Waals surface area contributed by atoms with Gasteiger partial charge in [-0.1, -0.05) is 304 Å². The Morgan fingerprint density at radius 1 is 0.263 bits per heavy atom. The summed E-state index contributed by atoms with van der Waals surface area (Å²) in [7, 11) is 0. The minimum Gasteiger partial charge on any atom is -0.462 e. The highest BCUT2D eigenvalue weighted by Crippen LogP contribution is 2.16. The molecule has 0 radical (unpaired) electrons. The van der Waals surface area contributed by atoms with Crippen molar-refractivity contribution >= 4 is 17.9 Å². The molecular formula is C74H126O6. The third-order valence-electron chi connectivity index (χ3n) is 14.5. The lowest BCUT2D eigenvalue weighted by Crippen LogP contribution is -2.30. The molecular weight excluding hydrogens is 985 g/mol. The molecule has 0 aromatic rings. The van der Waals surface area contributed by atoms with Gasteiger partial charge in [-0.25, -0.2) is 0 Å². The second kappa shape index (κ2) is 67.6. The highest BCUT2D eigenvalue weighted by Gasteiger charge is 2.19. The molecule has 0 aliphatic rings. The van der Waals surface area contributed by atoms with Crippen LogP contribution >= 0.6 is 0 Å². The van der Waals surface area contributed by atoms with E-state index in [0.717, 1.165) is 122 Å². The van der Waals surface area contributed by atoms with E-state index in [-0.39, 0.29) is 31.1 Å². The Morgan fingerprint density at radius 2 is 0.487 bits per heavy atom. The summed E-state index contributed by atoms with van der Waals surface area (Å²) in [5.74, 6) is -0.894. The molecule has 6 nitrogen and oxygen atoms in total. The summed E-state index contributed by atoms with van der Waals surface area (Å²) < 4.78 is 16.9. The number of rotatable bonds is 61. The number of ether oxygens (including phenoxy) is 3. The van der Waals surface area contributed by atoms with Crippen molar-refractivity contribution in [3.63, 3.8) is 0 Å². The first kappa shape index (κ1) is 76.1. The van der Waals surface area contributed by atoms with Crippen molar-refractivity contribution in [2.45, 2.75) is 329 Å². The van der Waals surface area contributed by atoms with Crippen LogP contribution in [-0.4, -0.2) is 37.2 Å². The fraction of sp³-hybridized carbons (Fsp3) is 0.716.